The van der Waals surface area contributed by atoms with Gasteiger partial charge in [-0.05, 0) is 24.1 Å². The SMILES string of the molecule is C/C=C/C(=O)NCc1ccc(CN)cc1. The van der Waals surface area contributed by atoms with Crippen LogP contribution in [0.4, 0.5) is 0 Å². The first-order valence-electron chi connectivity index (χ1n) is 4.94. The molecule has 0 unspecified atom stereocenters. The number of rotatable bonds is 4. The molecule has 1 aromatic carbocycles. The van der Waals surface area contributed by atoms with Crippen molar-refractivity contribution in [3.8, 4) is 0 Å². The van der Waals surface area contributed by atoms with Gasteiger partial charge in [0, 0.05) is 13.1 Å². The lowest BCUT2D eigenvalue weighted by molar-refractivity contribution is -0.116. The molecule has 0 radical (unpaired) electrons. The van der Waals surface area contributed by atoms with Gasteiger partial charge in [0.1, 0.15) is 0 Å². The standard InChI is InChI=1S/C12H16N2O/c1-2-3-12(15)14-9-11-6-4-10(8-13)5-7-11/h2-7H,8-9,13H2,1H3,(H,14,15)/b3-2+. The Kier molecular flexibility index (Phi) is 4.57. The molecule has 0 saturated carbocycles. The lowest BCUT2D eigenvalue weighted by Gasteiger charge is -2.03. The van der Waals surface area contributed by atoms with E-state index in [1.54, 1.807) is 6.08 Å². The highest BCUT2D eigenvalue weighted by Crippen LogP contribution is 2.03. The predicted molar refractivity (Wildman–Crippen MR) is 61.0 cm³/mol. The molecule has 0 fully saturated rings. The van der Waals surface area contributed by atoms with Crippen LogP contribution in [0.1, 0.15) is 18.1 Å². The molecule has 0 aromatic heterocycles. The second-order valence-corrected chi connectivity index (χ2v) is 3.24. The Morgan fingerprint density at radius 1 is 1.33 bits per heavy atom. The Morgan fingerprint density at radius 3 is 2.47 bits per heavy atom. The summed E-state index contributed by atoms with van der Waals surface area (Å²) in [5.41, 5.74) is 7.65. The number of carbonyl (C=O) groups is 1. The zero-order valence-corrected chi connectivity index (χ0v) is 8.86. The molecule has 1 rings (SSSR count). The number of amides is 1. The van der Waals surface area contributed by atoms with Crippen LogP contribution in [-0.2, 0) is 17.9 Å². The van der Waals surface area contributed by atoms with Gasteiger partial charge in [0.05, 0.1) is 0 Å². The summed E-state index contributed by atoms with van der Waals surface area (Å²) >= 11 is 0. The molecule has 1 aromatic rings. The summed E-state index contributed by atoms with van der Waals surface area (Å²) in [5.74, 6) is -0.0691. The van der Waals surface area contributed by atoms with Crippen LogP contribution < -0.4 is 11.1 Å². The molecule has 3 N–H and O–H groups in total. The lowest BCUT2D eigenvalue weighted by atomic mass is 10.1. The third-order valence-corrected chi connectivity index (χ3v) is 2.04. The molecule has 0 aliphatic rings. The van der Waals surface area contributed by atoms with Crippen molar-refractivity contribution >= 4 is 5.91 Å². The van der Waals surface area contributed by atoms with E-state index >= 15 is 0 Å². The van der Waals surface area contributed by atoms with E-state index in [1.165, 1.54) is 6.08 Å². The van der Waals surface area contributed by atoms with E-state index < -0.39 is 0 Å². The van der Waals surface area contributed by atoms with Gasteiger partial charge in [-0.15, -0.1) is 0 Å². The highest BCUT2D eigenvalue weighted by atomic mass is 16.1. The predicted octanol–water partition coefficient (Wildman–Crippen LogP) is 1.34. The van der Waals surface area contributed by atoms with E-state index in [4.69, 9.17) is 5.73 Å². The minimum Gasteiger partial charge on any atom is -0.348 e. The first-order chi connectivity index (χ1) is 7.26. The Balaban J connectivity index is 2.47. The van der Waals surface area contributed by atoms with Crippen molar-refractivity contribution in [3.63, 3.8) is 0 Å². The van der Waals surface area contributed by atoms with Crippen molar-refractivity contribution in [2.24, 2.45) is 5.73 Å². The van der Waals surface area contributed by atoms with Gasteiger partial charge in [-0.2, -0.15) is 0 Å². The summed E-state index contributed by atoms with van der Waals surface area (Å²) in [5, 5.41) is 2.78. The van der Waals surface area contributed by atoms with Crippen LogP contribution in [0.5, 0.6) is 0 Å². The number of hydrogen-bond donors (Lipinski definition) is 2. The Hall–Kier alpha value is -1.61. The fraction of sp³-hybridized carbons (Fsp3) is 0.250. The summed E-state index contributed by atoms with van der Waals surface area (Å²) in [6.45, 7) is 2.91. The van der Waals surface area contributed by atoms with E-state index in [1.807, 2.05) is 31.2 Å². The van der Waals surface area contributed by atoms with Crippen molar-refractivity contribution in [2.75, 3.05) is 0 Å². The Bertz CT molecular complexity index is 341. The van der Waals surface area contributed by atoms with Crippen molar-refractivity contribution in [3.05, 3.63) is 47.5 Å². The fourth-order valence-corrected chi connectivity index (χ4v) is 1.19. The minimum atomic E-state index is -0.0691. The second kappa shape index (κ2) is 5.98. The number of allylic oxidation sites excluding steroid dienone is 1. The molecule has 15 heavy (non-hydrogen) atoms. The highest BCUT2D eigenvalue weighted by molar-refractivity contribution is 5.87. The van der Waals surface area contributed by atoms with E-state index in [-0.39, 0.29) is 5.91 Å². The molecule has 3 nitrogen and oxygen atoms in total. The molecule has 0 bridgehead atoms. The van der Waals surface area contributed by atoms with E-state index in [2.05, 4.69) is 5.32 Å². The summed E-state index contributed by atoms with van der Waals surface area (Å²) in [7, 11) is 0. The lowest BCUT2D eigenvalue weighted by Crippen LogP contribution is -2.20. The molecule has 0 spiro atoms. The summed E-state index contributed by atoms with van der Waals surface area (Å²) in [4.78, 5) is 11.1. The Morgan fingerprint density at radius 2 is 1.93 bits per heavy atom. The van der Waals surface area contributed by atoms with Crippen molar-refractivity contribution in [2.45, 2.75) is 20.0 Å². The normalized spacial score (nSPS) is 10.5. The maximum Gasteiger partial charge on any atom is 0.243 e. The van der Waals surface area contributed by atoms with Gasteiger partial charge in [-0.3, -0.25) is 4.79 Å². The maximum absolute atomic E-state index is 11.1. The van der Waals surface area contributed by atoms with Gasteiger partial charge in [0.25, 0.3) is 0 Å². The average molecular weight is 204 g/mol. The molecule has 3 heteroatoms. The number of hydrogen-bond acceptors (Lipinski definition) is 2. The van der Waals surface area contributed by atoms with Crippen LogP contribution in [0.25, 0.3) is 0 Å². The first-order valence-corrected chi connectivity index (χ1v) is 4.94. The van der Waals surface area contributed by atoms with Gasteiger partial charge < -0.3 is 11.1 Å². The van der Waals surface area contributed by atoms with Gasteiger partial charge in [0.15, 0.2) is 0 Å². The topological polar surface area (TPSA) is 55.1 Å². The van der Waals surface area contributed by atoms with Crippen LogP contribution >= 0.6 is 0 Å². The van der Waals surface area contributed by atoms with E-state index in [0.717, 1.165) is 11.1 Å². The molecule has 0 aliphatic heterocycles. The molecule has 0 aliphatic carbocycles. The van der Waals surface area contributed by atoms with Crippen LogP contribution in [-0.4, -0.2) is 5.91 Å². The Labute approximate surface area is 90.0 Å². The zero-order chi connectivity index (χ0) is 11.1. The monoisotopic (exact) mass is 204 g/mol. The van der Waals surface area contributed by atoms with Crippen molar-refractivity contribution < 1.29 is 4.79 Å². The summed E-state index contributed by atoms with van der Waals surface area (Å²) in [6.07, 6.45) is 3.22. The van der Waals surface area contributed by atoms with Gasteiger partial charge in [-0.25, -0.2) is 0 Å². The number of nitrogens with one attached hydrogen (secondary N) is 1. The van der Waals surface area contributed by atoms with Crippen molar-refractivity contribution in [1.29, 1.82) is 0 Å². The molecule has 1 amide bonds. The number of benzene rings is 1. The summed E-state index contributed by atoms with van der Waals surface area (Å²) in [6, 6.07) is 7.88. The fourth-order valence-electron chi connectivity index (χ4n) is 1.19. The van der Waals surface area contributed by atoms with Gasteiger partial charge in [-0.1, -0.05) is 30.3 Å². The molecular formula is C12H16N2O. The molecule has 0 heterocycles. The zero-order valence-electron chi connectivity index (χ0n) is 8.86. The maximum atomic E-state index is 11.1. The number of nitrogens with two attached hydrogens (primary N) is 1. The smallest absolute Gasteiger partial charge is 0.243 e. The molecule has 0 saturated heterocycles. The summed E-state index contributed by atoms with van der Waals surface area (Å²) < 4.78 is 0. The van der Waals surface area contributed by atoms with E-state index in [9.17, 15) is 4.79 Å². The van der Waals surface area contributed by atoms with Crippen molar-refractivity contribution in [1.82, 2.24) is 5.32 Å². The third-order valence-electron chi connectivity index (χ3n) is 2.04. The van der Waals surface area contributed by atoms with Crippen LogP contribution in [0.2, 0.25) is 0 Å². The van der Waals surface area contributed by atoms with Crippen LogP contribution in [0.15, 0.2) is 36.4 Å². The third kappa shape index (κ3) is 3.95. The molecule has 80 valence electrons. The quantitative estimate of drug-likeness (QED) is 0.727. The highest BCUT2D eigenvalue weighted by Gasteiger charge is 1.96. The van der Waals surface area contributed by atoms with E-state index in [0.29, 0.717) is 13.1 Å². The average Bonchev–Trinajstić information content (AvgIpc) is 2.27. The number of carbonyl (C=O) groups excluding carboxylic acids is 1. The largest absolute Gasteiger partial charge is 0.348 e. The molecular weight excluding hydrogens is 188 g/mol. The van der Waals surface area contributed by atoms with Gasteiger partial charge >= 0.3 is 0 Å². The molecule has 0 atom stereocenters. The van der Waals surface area contributed by atoms with Crippen LogP contribution in [0.3, 0.4) is 0 Å². The van der Waals surface area contributed by atoms with Gasteiger partial charge in [0.2, 0.25) is 5.91 Å². The van der Waals surface area contributed by atoms with Crippen LogP contribution in [0, 0.1) is 0 Å². The second-order valence-electron chi connectivity index (χ2n) is 3.24. The minimum absolute atomic E-state index is 0.0691. The first kappa shape index (κ1) is 11.5.